The lowest BCUT2D eigenvalue weighted by Crippen LogP contribution is -2.33. The quantitative estimate of drug-likeness (QED) is 0.498. The summed E-state index contributed by atoms with van der Waals surface area (Å²) in [5.41, 5.74) is 2.24. The molecule has 160 valence electrons. The predicted molar refractivity (Wildman–Crippen MR) is 119 cm³/mol. The van der Waals surface area contributed by atoms with Crippen molar-refractivity contribution in [1.82, 2.24) is 29.9 Å². The standard InChI is InChI=1S/C23H26N6O2/c1-15(2)14-19(22-25-18-10-6-7-11-20(18)28(22)3)24-21(30)12-13-29-23(31)16-8-4-5-9-17(16)26-27-29/h4-11,15,19H,12-14H2,1-3H3,(H,24,30)/t19-/m1/s1. The number of carbonyl (C=O) groups excluding carboxylic acids is 1. The van der Waals surface area contributed by atoms with Crippen molar-refractivity contribution in [1.29, 1.82) is 0 Å². The first-order chi connectivity index (χ1) is 14.9. The van der Waals surface area contributed by atoms with Crippen molar-refractivity contribution in [3.8, 4) is 0 Å². The van der Waals surface area contributed by atoms with Crippen LogP contribution in [0.1, 0.15) is 38.6 Å². The lowest BCUT2D eigenvalue weighted by atomic mass is 10.0. The van der Waals surface area contributed by atoms with Crippen molar-refractivity contribution in [2.24, 2.45) is 13.0 Å². The highest BCUT2D eigenvalue weighted by Crippen LogP contribution is 2.24. The van der Waals surface area contributed by atoms with Gasteiger partial charge in [0, 0.05) is 13.5 Å². The van der Waals surface area contributed by atoms with Gasteiger partial charge in [-0.3, -0.25) is 9.59 Å². The first-order valence-electron chi connectivity index (χ1n) is 10.5. The van der Waals surface area contributed by atoms with Crippen molar-refractivity contribution < 1.29 is 4.79 Å². The molecule has 0 unspecified atom stereocenters. The van der Waals surface area contributed by atoms with Crippen LogP contribution in [0.3, 0.4) is 0 Å². The van der Waals surface area contributed by atoms with Gasteiger partial charge in [0.1, 0.15) is 11.3 Å². The van der Waals surface area contributed by atoms with Crippen molar-refractivity contribution in [3.63, 3.8) is 0 Å². The van der Waals surface area contributed by atoms with Crippen molar-refractivity contribution in [2.75, 3.05) is 0 Å². The highest BCUT2D eigenvalue weighted by atomic mass is 16.2. The first-order valence-corrected chi connectivity index (χ1v) is 10.5. The van der Waals surface area contributed by atoms with Crippen LogP contribution in [0.15, 0.2) is 53.3 Å². The van der Waals surface area contributed by atoms with Crippen LogP contribution in [0.2, 0.25) is 0 Å². The fourth-order valence-electron chi connectivity index (χ4n) is 3.82. The Morgan fingerprint density at radius 2 is 1.77 bits per heavy atom. The van der Waals surface area contributed by atoms with Crippen molar-refractivity contribution in [2.45, 2.75) is 39.3 Å². The van der Waals surface area contributed by atoms with Gasteiger partial charge in [0.2, 0.25) is 5.91 Å². The van der Waals surface area contributed by atoms with Crippen LogP contribution in [0.5, 0.6) is 0 Å². The Bertz CT molecular complexity index is 1290. The fourth-order valence-corrected chi connectivity index (χ4v) is 3.82. The number of benzene rings is 2. The van der Waals surface area contributed by atoms with Gasteiger partial charge in [-0.05, 0) is 36.6 Å². The van der Waals surface area contributed by atoms with E-state index in [-0.39, 0.29) is 30.5 Å². The van der Waals surface area contributed by atoms with Gasteiger partial charge in [0.15, 0.2) is 0 Å². The summed E-state index contributed by atoms with van der Waals surface area (Å²) in [5, 5.41) is 11.6. The summed E-state index contributed by atoms with van der Waals surface area (Å²) in [5.74, 6) is 1.05. The molecule has 1 atom stereocenters. The van der Waals surface area contributed by atoms with E-state index in [1.807, 2.05) is 41.9 Å². The first kappa shape index (κ1) is 20.7. The number of hydrogen-bond acceptors (Lipinski definition) is 5. The molecule has 0 fully saturated rings. The maximum Gasteiger partial charge on any atom is 0.277 e. The minimum absolute atomic E-state index is 0.130. The molecule has 0 bridgehead atoms. The van der Waals surface area contributed by atoms with Crippen molar-refractivity contribution >= 4 is 27.8 Å². The molecule has 0 aliphatic heterocycles. The molecule has 2 aromatic heterocycles. The number of para-hydroxylation sites is 2. The second kappa shape index (κ2) is 8.67. The lowest BCUT2D eigenvalue weighted by molar-refractivity contribution is -0.122. The average Bonchev–Trinajstić information content (AvgIpc) is 3.09. The highest BCUT2D eigenvalue weighted by Gasteiger charge is 2.22. The zero-order valence-corrected chi connectivity index (χ0v) is 17.9. The van der Waals surface area contributed by atoms with E-state index in [0.717, 1.165) is 23.3 Å². The van der Waals surface area contributed by atoms with Gasteiger partial charge in [-0.25, -0.2) is 9.67 Å². The Morgan fingerprint density at radius 3 is 2.52 bits per heavy atom. The fraction of sp³-hybridized carbons (Fsp3) is 0.348. The Hall–Kier alpha value is -3.55. The smallest absolute Gasteiger partial charge is 0.277 e. The molecule has 2 aromatic carbocycles. The molecule has 4 aromatic rings. The number of carbonyl (C=O) groups is 1. The molecule has 2 heterocycles. The van der Waals surface area contributed by atoms with E-state index in [9.17, 15) is 9.59 Å². The monoisotopic (exact) mass is 418 g/mol. The van der Waals surface area contributed by atoms with Crippen LogP contribution < -0.4 is 10.9 Å². The molecule has 1 N–H and O–H groups in total. The largest absolute Gasteiger partial charge is 0.346 e. The molecular formula is C23H26N6O2. The minimum atomic E-state index is -0.243. The van der Waals surface area contributed by atoms with Crippen LogP contribution in [0.25, 0.3) is 21.9 Å². The number of nitrogens with zero attached hydrogens (tertiary/aromatic N) is 5. The molecule has 8 nitrogen and oxygen atoms in total. The van der Waals surface area contributed by atoms with Crippen LogP contribution in [0.4, 0.5) is 0 Å². The van der Waals surface area contributed by atoms with E-state index in [4.69, 9.17) is 4.98 Å². The summed E-state index contributed by atoms with van der Waals surface area (Å²) in [6.07, 6.45) is 0.893. The van der Waals surface area contributed by atoms with Gasteiger partial charge in [0.05, 0.1) is 29.0 Å². The van der Waals surface area contributed by atoms with E-state index in [1.54, 1.807) is 18.2 Å². The lowest BCUT2D eigenvalue weighted by Gasteiger charge is -2.20. The van der Waals surface area contributed by atoms with Gasteiger partial charge < -0.3 is 9.88 Å². The summed E-state index contributed by atoms with van der Waals surface area (Å²) in [7, 11) is 1.97. The third kappa shape index (κ3) is 4.33. The van der Waals surface area contributed by atoms with Crippen LogP contribution in [-0.4, -0.2) is 30.5 Å². The number of rotatable bonds is 7. The Labute approximate surface area is 179 Å². The minimum Gasteiger partial charge on any atom is -0.346 e. The van der Waals surface area contributed by atoms with E-state index < -0.39 is 0 Å². The van der Waals surface area contributed by atoms with Crippen LogP contribution >= 0.6 is 0 Å². The van der Waals surface area contributed by atoms with Gasteiger partial charge >= 0.3 is 0 Å². The summed E-state index contributed by atoms with van der Waals surface area (Å²) in [6.45, 7) is 4.40. The molecular weight excluding hydrogens is 392 g/mol. The van der Waals surface area contributed by atoms with E-state index in [0.29, 0.717) is 16.8 Å². The van der Waals surface area contributed by atoms with Crippen molar-refractivity contribution in [3.05, 3.63) is 64.7 Å². The maximum absolute atomic E-state index is 12.8. The molecule has 0 saturated heterocycles. The summed E-state index contributed by atoms with van der Waals surface area (Å²) in [6, 6.07) is 14.8. The van der Waals surface area contributed by atoms with Crippen LogP contribution in [0, 0.1) is 5.92 Å². The van der Waals surface area contributed by atoms with Gasteiger partial charge in [0.25, 0.3) is 5.56 Å². The van der Waals surface area contributed by atoms with E-state index in [2.05, 4.69) is 29.5 Å². The van der Waals surface area contributed by atoms with E-state index >= 15 is 0 Å². The van der Waals surface area contributed by atoms with Gasteiger partial charge in [-0.2, -0.15) is 0 Å². The molecule has 0 spiro atoms. The number of nitrogens with one attached hydrogen (secondary N) is 1. The molecule has 0 radical (unpaired) electrons. The van der Waals surface area contributed by atoms with Gasteiger partial charge in [-0.1, -0.05) is 43.3 Å². The average molecular weight is 419 g/mol. The third-order valence-electron chi connectivity index (χ3n) is 5.36. The Morgan fingerprint density at radius 1 is 1.06 bits per heavy atom. The topological polar surface area (TPSA) is 94.7 Å². The Kier molecular flexibility index (Phi) is 5.79. The number of amides is 1. The normalized spacial score (nSPS) is 12.5. The molecule has 1 amide bonds. The maximum atomic E-state index is 12.8. The predicted octanol–water partition coefficient (Wildman–Crippen LogP) is 2.97. The number of fused-ring (bicyclic) bond motifs is 2. The summed E-state index contributed by atoms with van der Waals surface area (Å²) < 4.78 is 3.27. The molecule has 0 aliphatic carbocycles. The molecule has 0 aliphatic rings. The molecule has 31 heavy (non-hydrogen) atoms. The number of aryl methyl sites for hydroxylation is 2. The number of aromatic nitrogens is 5. The zero-order valence-electron chi connectivity index (χ0n) is 17.9. The second-order valence-corrected chi connectivity index (χ2v) is 8.15. The number of hydrogen-bond donors (Lipinski definition) is 1. The molecule has 8 heteroatoms. The SMILES string of the molecule is CC(C)C[C@@H](NC(=O)CCn1nnc2ccccc2c1=O)c1nc2ccccc2n1C. The Balaban J connectivity index is 1.51. The third-order valence-corrected chi connectivity index (χ3v) is 5.36. The van der Waals surface area contributed by atoms with Crippen LogP contribution in [-0.2, 0) is 18.4 Å². The zero-order chi connectivity index (χ0) is 22.0. The summed E-state index contributed by atoms with van der Waals surface area (Å²) >= 11 is 0. The van der Waals surface area contributed by atoms with Gasteiger partial charge in [-0.15, -0.1) is 5.10 Å². The second-order valence-electron chi connectivity index (χ2n) is 8.15. The van der Waals surface area contributed by atoms with E-state index in [1.165, 1.54) is 4.68 Å². The number of imidazole rings is 1. The summed E-state index contributed by atoms with van der Waals surface area (Å²) in [4.78, 5) is 30.1. The molecule has 4 rings (SSSR count). The highest BCUT2D eigenvalue weighted by molar-refractivity contribution is 5.78. The molecule has 0 saturated carbocycles.